The maximum Gasteiger partial charge on any atom is 0.357 e. The second kappa shape index (κ2) is 3.76. The Morgan fingerprint density at radius 2 is 2.50 bits per heavy atom. The maximum atomic E-state index is 10.5. The Balaban J connectivity index is 2.14. The van der Waals surface area contributed by atoms with Crippen LogP contribution in [0.25, 0.3) is 0 Å². The van der Waals surface area contributed by atoms with Gasteiger partial charge >= 0.3 is 5.97 Å². The number of carboxylic acids is 1. The predicted molar refractivity (Wildman–Crippen MR) is 47.5 cm³/mol. The largest absolute Gasteiger partial charge is 0.476 e. The van der Waals surface area contributed by atoms with Crippen LogP contribution in [0.15, 0.2) is 25.8 Å². The van der Waals surface area contributed by atoms with Crippen LogP contribution in [0.1, 0.15) is 10.5 Å². The summed E-state index contributed by atoms with van der Waals surface area (Å²) in [6.07, 6.45) is 1.09. The fourth-order valence-electron chi connectivity index (χ4n) is 0.684. The maximum absolute atomic E-state index is 10.5. The summed E-state index contributed by atoms with van der Waals surface area (Å²) in [6, 6.07) is 0. The van der Waals surface area contributed by atoms with Gasteiger partial charge < -0.3 is 9.52 Å². The molecule has 8 heteroatoms. The number of carbonyl (C=O) groups is 1. The van der Waals surface area contributed by atoms with Gasteiger partial charge in [-0.15, -0.1) is 10.2 Å². The molecule has 1 N–H and O–H groups in total. The van der Waals surface area contributed by atoms with Crippen LogP contribution in [0.5, 0.6) is 0 Å². The minimum absolute atomic E-state index is 0.114. The van der Waals surface area contributed by atoms with Crippen molar-refractivity contribution in [1.29, 1.82) is 0 Å². The van der Waals surface area contributed by atoms with Crippen LogP contribution >= 0.6 is 23.1 Å². The van der Waals surface area contributed by atoms with Gasteiger partial charge in [0, 0.05) is 11.8 Å². The number of rotatable bonds is 3. The molecule has 0 aliphatic heterocycles. The van der Waals surface area contributed by atoms with Crippen LogP contribution in [0.2, 0.25) is 0 Å². The average Bonchev–Trinajstić information content (AvgIpc) is 2.75. The minimum Gasteiger partial charge on any atom is -0.476 e. The van der Waals surface area contributed by atoms with Gasteiger partial charge in [0.15, 0.2) is 10.0 Å². The summed E-state index contributed by atoms with van der Waals surface area (Å²) in [5, 5.41) is 16.2. The number of oxazole rings is 1. The van der Waals surface area contributed by atoms with Crippen molar-refractivity contribution in [3.63, 3.8) is 0 Å². The molecule has 2 heterocycles. The Kier molecular flexibility index (Phi) is 2.46. The highest BCUT2D eigenvalue weighted by Crippen LogP contribution is 2.27. The fraction of sp³-hybridized carbons (Fsp3) is 0. The van der Waals surface area contributed by atoms with Gasteiger partial charge in [0.05, 0.1) is 0 Å². The van der Waals surface area contributed by atoms with Gasteiger partial charge in [0.1, 0.15) is 11.8 Å². The lowest BCUT2D eigenvalue weighted by atomic mass is 10.5. The molecule has 0 aromatic carbocycles. The van der Waals surface area contributed by atoms with Crippen LogP contribution in [0.3, 0.4) is 0 Å². The van der Waals surface area contributed by atoms with Gasteiger partial charge in [-0.3, -0.25) is 0 Å². The van der Waals surface area contributed by atoms with E-state index < -0.39 is 5.97 Å². The highest BCUT2D eigenvalue weighted by molar-refractivity contribution is 8.00. The van der Waals surface area contributed by atoms with Gasteiger partial charge in [-0.05, 0) is 0 Å². The van der Waals surface area contributed by atoms with Crippen LogP contribution in [0, 0.1) is 0 Å². The Labute approximate surface area is 86.0 Å². The number of nitrogens with zero attached hydrogens (tertiary/aromatic N) is 3. The molecular formula is C6H3N3O3S2. The van der Waals surface area contributed by atoms with E-state index in [1.807, 2.05) is 0 Å². The van der Waals surface area contributed by atoms with E-state index in [1.165, 1.54) is 11.3 Å². The molecular weight excluding hydrogens is 226 g/mol. The molecule has 14 heavy (non-hydrogen) atoms. The van der Waals surface area contributed by atoms with E-state index in [2.05, 4.69) is 15.2 Å². The Morgan fingerprint density at radius 3 is 3.07 bits per heavy atom. The molecule has 0 amide bonds. The Morgan fingerprint density at radius 1 is 1.64 bits per heavy atom. The first-order valence-electron chi connectivity index (χ1n) is 3.38. The lowest BCUT2D eigenvalue weighted by Crippen LogP contribution is -1.95. The van der Waals surface area contributed by atoms with E-state index >= 15 is 0 Å². The molecule has 0 saturated carbocycles. The second-order valence-corrected chi connectivity index (χ2v) is 4.14. The van der Waals surface area contributed by atoms with Crippen LogP contribution in [-0.2, 0) is 0 Å². The van der Waals surface area contributed by atoms with Crippen molar-refractivity contribution < 1.29 is 14.3 Å². The third-order valence-electron chi connectivity index (χ3n) is 1.22. The monoisotopic (exact) mass is 229 g/mol. The van der Waals surface area contributed by atoms with E-state index in [0.717, 1.165) is 18.0 Å². The van der Waals surface area contributed by atoms with Gasteiger partial charge in [0.25, 0.3) is 5.22 Å². The normalized spacial score (nSPS) is 10.3. The minimum atomic E-state index is -1.11. The molecule has 2 aromatic heterocycles. The molecule has 0 atom stereocenters. The highest BCUT2D eigenvalue weighted by atomic mass is 32.2. The van der Waals surface area contributed by atoms with Gasteiger partial charge in [0.2, 0.25) is 0 Å². The summed E-state index contributed by atoms with van der Waals surface area (Å²) in [5.41, 5.74) is 1.46. The third-order valence-corrected chi connectivity index (χ3v) is 2.86. The molecule has 6 nitrogen and oxygen atoms in total. The zero-order chi connectivity index (χ0) is 9.97. The van der Waals surface area contributed by atoms with E-state index in [9.17, 15) is 4.79 Å². The molecule has 0 unspecified atom stereocenters. The van der Waals surface area contributed by atoms with Crippen molar-refractivity contribution in [2.75, 3.05) is 0 Å². The standard InChI is InChI=1S/C6H3N3O3S2/c10-4(11)3-1-12-5(8-3)14-6-9-7-2-13-6/h1-2H,(H,10,11). The number of aromatic carboxylic acids is 1. The van der Waals surface area contributed by atoms with Crippen molar-refractivity contribution in [3.05, 3.63) is 17.5 Å². The summed E-state index contributed by atoms with van der Waals surface area (Å²) < 4.78 is 5.57. The smallest absolute Gasteiger partial charge is 0.357 e. The number of carboxylic acid groups (broad SMARTS) is 1. The highest BCUT2D eigenvalue weighted by Gasteiger charge is 2.12. The third kappa shape index (κ3) is 1.91. The van der Waals surface area contributed by atoms with Crippen molar-refractivity contribution in [1.82, 2.24) is 15.2 Å². The first kappa shape index (κ1) is 9.16. The fourth-order valence-corrected chi connectivity index (χ4v) is 1.98. The lowest BCUT2D eigenvalue weighted by Gasteiger charge is -1.85. The molecule has 2 rings (SSSR count). The van der Waals surface area contributed by atoms with Crippen molar-refractivity contribution in [2.24, 2.45) is 0 Å². The molecule has 0 saturated heterocycles. The molecule has 72 valence electrons. The Hall–Kier alpha value is -1.41. The van der Waals surface area contributed by atoms with Gasteiger partial charge in [-0.2, -0.15) is 4.98 Å². The summed E-state index contributed by atoms with van der Waals surface area (Å²) in [6.45, 7) is 0. The van der Waals surface area contributed by atoms with Crippen LogP contribution in [-0.4, -0.2) is 26.3 Å². The van der Waals surface area contributed by atoms with Crippen molar-refractivity contribution >= 4 is 29.1 Å². The SMILES string of the molecule is O=C(O)c1coc(Sc2nncs2)n1. The molecule has 0 fully saturated rings. The number of hydrogen-bond donors (Lipinski definition) is 1. The summed E-state index contributed by atoms with van der Waals surface area (Å²) in [7, 11) is 0. The van der Waals surface area contributed by atoms with Gasteiger partial charge in [-0.25, -0.2) is 4.79 Å². The van der Waals surface area contributed by atoms with E-state index in [1.54, 1.807) is 5.51 Å². The van der Waals surface area contributed by atoms with E-state index in [4.69, 9.17) is 9.52 Å². The quantitative estimate of drug-likeness (QED) is 0.850. The molecule has 0 spiro atoms. The second-order valence-electron chi connectivity index (χ2n) is 2.11. The Bertz CT molecular complexity index is 439. The zero-order valence-corrected chi connectivity index (χ0v) is 8.21. The molecule has 0 aliphatic carbocycles. The first-order valence-corrected chi connectivity index (χ1v) is 5.08. The average molecular weight is 229 g/mol. The van der Waals surface area contributed by atoms with E-state index in [0.29, 0.717) is 4.34 Å². The summed E-state index contributed by atoms with van der Waals surface area (Å²) >= 11 is 2.47. The predicted octanol–water partition coefficient (Wildman–Crippen LogP) is 1.38. The van der Waals surface area contributed by atoms with Crippen molar-refractivity contribution in [3.8, 4) is 0 Å². The van der Waals surface area contributed by atoms with Crippen LogP contribution < -0.4 is 0 Å². The first-order chi connectivity index (χ1) is 6.75. The molecule has 0 radical (unpaired) electrons. The van der Waals surface area contributed by atoms with E-state index in [-0.39, 0.29) is 10.9 Å². The number of aromatic nitrogens is 3. The topological polar surface area (TPSA) is 89.1 Å². The lowest BCUT2D eigenvalue weighted by molar-refractivity contribution is 0.0690. The molecule has 0 bridgehead atoms. The van der Waals surface area contributed by atoms with Crippen molar-refractivity contribution in [2.45, 2.75) is 9.56 Å². The summed E-state index contributed by atoms with van der Waals surface area (Å²) in [4.78, 5) is 14.2. The summed E-state index contributed by atoms with van der Waals surface area (Å²) in [5.74, 6) is -1.11. The molecule has 2 aromatic rings. The number of hydrogen-bond acceptors (Lipinski definition) is 7. The zero-order valence-electron chi connectivity index (χ0n) is 6.58. The van der Waals surface area contributed by atoms with Gasteiger partial charge in [-0.1, -0.05) is 11.3 Å². The van der Waals surface area contributed by atoms with Crippen LogP contribution in [0.4, 0.5) is 0 Å². The molecule has 0 aliphatic rings.